The van der Waals surface area contributed by atoms with Crippen LogP contribution < -0.4 is 5.73 Å². The van der Waals surface area contributed by atoms with E-state index in [2.05, 4.69) is 0 Å². The first kappa shape index (κ1) is 6.55. The predicted molar refractivity (Wildman–Crippen MR) is 32.5 cm³/mol. The topological polar surface area (TPSA) is 63.3 Å². The summed E-state index contributed by atoms with van der Waals surface area (Å²) in [5.74, 6) is -0.341. The number of carbonyl (C=O) groups is 1. The van der Waals surface area contributed by atoms with Crippen LogP contribution in [0.4, 0.5) is 0 Å². The van der Waals surface area contributed by atoms with Crippen LogP contribution in [0.2, 0.25) is 0 Å². The van der Waals surface area contributed by atoms with E-state index < -0.39 is 0 Å². The summed E-state index contributed by atoms with van der Waals surface area (Å²) in [4.78, 5) is 10.5. The molecule has 1 aliphatic carbocycles. The fourth-order valence-electron chi connectivity index (χ4n) is 1.22. The van der Waals surface area contributed by atoms with Gasteiger partial charge in [0.1, 0.15) is 0 Å². The highest BCUT2D eigenvalue weighted by Gasteiger charge is 2.26. The van der Waals surface area contributed by atoms with Gasteiger partial charge in [-0.25, -0.2) is 0 Å². The molecule has 3 nitrogen and oxygen atoms in total. The first-order chi connectivity index (χ1) is 4.20. The van der Waals surface area contributed by atoms with Crippen molar-refractivity contribution >= 4 is 5.91 Å². The summed E-state index contributed by atoms with van der Waals surface area (Å²) >= 11 is 0. The molecule has 3 heteroatoms. The van der Waals surface area contributed by atoms with Gasteiger partial charge >= 0.3 is 0 Å². The molecule has 0 aliphatic heterocycles. The number of primary amides is 1. The Kier molecular flexibility index (Phi) is 1.71. The number of carbonyl (C=O) groups excluding carboxylic acids is 1. The van der Waals surface area contributed by atoms with Gasteiger partial charge in [0.2, 0.25) is 5.91 Å². The molecule has 2 unspecified atom stereocenters. The number of hydrogen-bond acceptors (Lipinski definition) is 2. The van der Waals surface area contributed by atoms with Crippen molar-refractivity contribution in [2.45, 2.75) is 25.4 Å². The molecule has 0 saturated heterocycles. The van der Waals surface area contributed by atoms with Gasteiger partial charge in [0.05, 0.1) is 6.10 Å². The van der Waals surface area contributed by atoms with E-state index in [4.69, 9.17) is 10.8 Å². The summed E-state index contributed by atoms with van der Waals surface area (Å²) in [6.45, 7) is 0. The summed E-state index contributed by atoms with van der Waals surface area (Å²) in [6, 6.07) is 0. The van der Waals surface area contributed by atoms with Crippen molar-refractivity contribution in [2.24, 2.45) is 11.7 Å². The number of aliphatic hydroxyl groups excluding tert-OH is 1. The molecule has 1 saturated carbocycles. The summed E-state index contributed by atoms with van der Waals surface area (Å²) < 4.78 is 0. The Bertz CT molecular complexity index is 124. The molecule has 1 rings (SSSR count). The van der Waals surface area contributed by atoms with Gasteiger partial charge in [0.25, 0.3) is 0 Å². The van der Waals surface area contributed by atoms with Gasteiger partial charge in [-0.2, -0.15) is 0 Å². The second-order valence-corrected chi connectivity index (χ2v) is 2.57. The molecule has 9 heavy (non-hydrogen) atoms. The van der Waals surface area contributed by atoms with Crippen LogP contribution >= 0.6 is 0 Å². The zero-order valence-electron chi connectivity index (χ0n) is 5.21. The Morgan fingerprint density at radius 1 is 1.56 bits per heavy atom. The van der Waals surface area contributed by atoms with Gasteiger partial charge in [-0.3, -0.25) is 4.79 Å². The fraction of sp³-hybridized carbons (Fsp3) is 0.833. The standard InChI is InChI=1S/C6H11NO2/c7-6(9)4-1-2-5(8)3-4/h4-5,8H,1-3H2,(H2,7,9). The van der Waals surface area contributed by atoms with Crippen LogP contribution in [0.15, 0.2) is 0 Å². The first-order valence-corrected chi connectivity index (χ1v) is 3.17. The molecule has 0 bridgehead atoms. The van der Waals surface area contributed by atoms with Crippen molar-refractivity contribution in [3.8, 4) is 0 Å². The summed E-state index contributed by atoms with van der Waals surface area (Å²) in [5.41, 5.74) is 5.01. The summed E-state index contributed by atoms with van der Waals surface area (Å²) in [5, 5.41) is 8.94. The largest absolute Gasteiger partial charge is 0.393 e. The van der Waals surface area contributed by atoms with E-state index in [9.17, 15) is 4.79 Å². The highest BCUT2D eigenvalue weighted by atomic mass is 16.3. The lowest BCUT2D eigenvalue weighted by molar-refractivity contribution is -0.121. The van der Waals surface area contributed by atoms with Crippen LogP contribution in [0.25, 0.3) is 0 Å². The molecule has 0 radical (unpaired) electrons. The van der Waals surface area contributed by atoms with Crippen molar-refractivity contribution in [1.82, 2.24) is 0 Å². The molecule has 1 amide bonds. The molecule has 1 fully saturated rings. The Labute approximate surface area is 53.9 Å². The minimum atomic E-state index is -0.289. The van der Waals surface area contributed by atoms with Crippen molar-refractivity contribution in [3.05, 3.63) is 0 Å². The van der Waals surface area contributed by atoms with E-state index in [0.29, 0.717) is 6.42 Å². The van der Waals surface area contributed by atoms with Crippen LogP contribution in [0.3, 0.4) is 0 Å². The molecule has 2 atom stereocenters. The molecule has 52 valence electrons. The molecular weight excluding hydrogens is 118 g/mol. The smallest absolute Gasteiger partial charge is 0.220 e. The normalized spacial score (nSPS) is 34.8. The lowest BCUT2D eigenvalue weighted by atomic mass is 10.1. The van der Waals surface area contributed by atoms with Gasteiger partial charge in [0.15, 0.2) is 0 Å². The van der Waals surface area contributed by atoms with Crippen molar-refractivity contribution in [2.75, 3.05) is 0 Å². The quantitative estimate of drug-likeness (QED) is 0.507. The maximum atomic E-state index is 10.5. The minimum absolute atomic E-state index is 0.0694. The SMILES string of the molecule is NC(=O)C1CCC(O)C1. The van der Waals surface area contributed by atoms with Gasteiger partial charge in [0, 0.05) is 5.92 Å². The zero-order valence-corrected chi connectivity index (χ0v) is 5.21. The van der Waals surface area contributed by atoms with E-state index in [0.717, 1.165) is 12.8 Å². The second-order valence-electron chi connectivity index (χ2n) is 2.57. The van der Waals surface area contributed by atoms with E-state index in [1.165, 1.54) is 0 Å². The van der Waals surface area contributed by atoms with Crippen LogP contribution in [0.5, 0.6) is 0 Å². The molecule has 0 aromatic rings. The number of nitrogens with two attached hydrogens (primary N) is 1. The third-order valence-corrected chi connectivity index (χ3v) is 1.81. The molecule has 3 N–H and O–H groups in total. The Morgan fingerprint density at radius 3 is 2.44 bits per heavy atom. The van der Waals surface area contributed by atoms with Crippen LogP contribution in [-0.4, -0.2) is 17.1 Å². The van der Waals surface area contributed by atoms with Crippen molar-refractivity contribution < 1.29 is 9.90 Å². The Balaban J connectivity index is 2.39. The molecule has 0 spiro atoms. The number of amides is 1. The lowest BCUT2D eigenvalue weighted by Crippen LogP contribution is -2.21. The third-order valence-electron chi connectivity index (χ3n) is 1.81. The zero-order chi connectivity index (χ0) is 6.85. The van der Waals surface area contributed by atoms with Crippen molar-refractivity contribution in [1.29, 1.82) is 0 Å². The molecule has 1 aliphatic rings. The Morgan fingerprint density at radius 2 is 2.22 bits per heavy atom. The maximum absolute atomic E-state index is 10.5. The summed E-state index contributed by atoms with van der Waals surface area (Å²) in [6.07, 6.45) is 1.77. The number of aliphatic hydroxyl groups is 1. The van der Waals surface area contributed by atoms with Crippen LogP contribution in [0.1, 0.15) is 19.3 Å². The van der Waals surface area contributed by atoms with E-state index in [1.807, 2.05) is 0 Å². The van der Waals surface area contributed by atoms with Gasteiger partial charge in [-0.1, -0.05) is 0 Å². The summed E-state index contributed by atoms with van der Waals surface area (Å²) in [7, 11) is 0. The van der Waals surface area contributed by atoms with Gasteiger partial charge < -0.3 is 10.8 Å². The highest BCUT2D eigenvalue weighted by Crippen LogP contribution is 2.24. The lowest BCUT2D eigenvalue weighted by Gasteiger charge is -2.00. The van der Waals surface area contributed by atoms with Crippen LogP contribution in [0, 0.1) is 5.92 Å². The fourth-order valence-corrected chi connectivity index (χ4v) is 1.22. The third kappa shape index (κ3) is 1.42. The average molecular weight is 129 g/mol. The average Bonchev–Trinajstić information content (AvgIpc) is 2.14. The predicted octanol–water partition coefficient (Wildman–Crippen LogP) is -0.367. The van der Waals surface area contributed by atoms with E-state index in [-0.39, 0.29) is 17.9 Å². The number of hydrogen-bond donors (Lipinski definition) is 2. The molecule has 0 aromatic carbocycles. The van der Waals surface area contributed by atoms with Crippen molar-refractivity contribution in [3.63, 3.8) is 0 Å². The molecule has 0 aromatic heterocycles. The number of rotatable bonds is 1. The second kappa shape index (κ2) is 2.35. The van der Waals surface area contributed by atoms with Gasteiger partial charge in [-0.05, 0) is 19.3 Å². The Hall–Kier alpha value is -0.570. The maximum Gasteiger partial charge on any atom is 0.220 e. The van der Waals surface area contributed by atoms with E-state index >= 15 is 0 Å². The minimum Gasteiger partial charge on any atom is -0.393 e. The highest BCUT2D eigenvalue weighted by molar-refractivity contribution is 5.76. The molecule has 0 heterocycles. The van der Waals surface area contributed by atoms with Crippen LogP contribution in [-0.2, 0) is 4.79 Å². The first-order valence-electron chi connectivity index (χ1n) is 3.17. The monoisotopic (exact) mass is 129 g/mol. The van der Waals surface area contributed by atoms with Gasteiger partial charge in [-0.15, -0.1) is 0 Å². The van der Waals surface area contributed by atoms with E-state index in [1.54, 1.807) is 0 Å². The molecular formula is C6H11NO2.